The van der Waals surface area contributed by atoms with Gasteiger partial charge in [-0.2, -0.15) is 0 Å². The van der Waals surface area contributed by atoms with E-state index in [0.29, 0.717) is 5.56 Å². The van der Waals surface area contributed by atoms with E-state index in [1.54, 1.807) is 26.8 Å². The molecule has 0 aliphatic heterocycles. The lowest BCUT2D eigenvalue weighted by Crippen LogP contribution is -2.08. The third-order valence-corrected chi connectivity index (χ3v) is 4.22. The quantitative estimate of drug-likeness (QED) is 0.736. The van der Waals surface area contributed by atoms with Crippen molar-refractivity contribution in [3.63, 3.8) is 0 Å². The Labute approximate surface area is 89.0 Å². The van der Waals surface area contributed by atoms with Crippen molar-refractivity contribution in [1.82, 2.24) is 4.98 Å². The zero-order chi connectivity index (χ0) is 10.9. The molecule has 0 saturated heterocycles. The summed E-state index contributed by atoms with van der Waals surface area (Å²) in [6.07, 6.45) is 0. The molecule has 0 unspecified atom stereocenters. The van der Waals surface area contributed by atoms with Gasteiger partial charge in [0.1, 0.15) is 10.0 Å². The van der Waals surface area contributed by atoms with Crippen LogP contribution in [0.4, 0.5) is 0 Å². The van der Waals surface area contributed by atoms with Gasteiger partial charge in [-0.3, -0.25) is 0 Å². The number of halogens is 1. The predicted molar refractivity (Wildman–Crippen MR) is 56.4 cm³/mol. The van der Waals surface area contributed by atoms with Crippen molar-refractivity contribution in [1.29, 1.82) is 0 Å². The van der Waals surface area contributed by atoms with E-state index >= 15 is 0 Å². The van der Waals surface area contributed by atoms with Crippen LogP contribution >= 0.6 is 11.6 Å². The van der Waals surface area contributed by atoms with Crippen molar-refractivity contribution in [3.8, 4) is 0 Å². The summed E-state index contributed by atoms with van der Waals surface area (Å²) in [7, 11) is -3.27. The molecule has 3 nitrogen and oxygen atoms in total. The molecule has 0 aliphatic carbocycles. The first-order valence-corrected chi connectivity index (χ1v) is 6.28. The van der Waals surface area contributed by atoms with Crippen molar-refractivity contribution < 1.29 is 8.42 Å². The fraction of sp³-hybridized carbons (Fsp3) is 0.444. The van der Waals surface area contributed by atoms with Gasteiger partial charge < -0.3 is 0 Å². The highest BCUT2D eigenvalue weighted by atomic mass is 35.5. The van der Waals surface area contributed by atoms with Crippen molar-refractivity contribution in [2.24, 2.45) is 0 Å². The summed E-state index contributed by atoms with van der Waals surface area (Å²) in [4.78, 5) is 4.09. The third-order valence-electron chi connectivity index (χ3n) is 1.94. The van der Waals surface area contributed by atoms with E-state index in [-0.39, 0.29) is 15.8 Å². The van der Waals surface area contributed by atoms with Gasteiger partial charge in [-0.05, 0) is 25.5 Å². The third kappa shape index (κ3) is 2.07. The summed E-state index contributed by atoms with van der Waals surface area (Å²) >= 11 is 5.81. The summed E-state index contributed by atoms with van der Waals surface area (Å²) < 4.78 is 23.3. The van der Waals surface area contributed by atoms with Gasteiger partial charge in [0.25, 0.3) is 0 Å². The fourth-order valence-corrected chi connectivity index (χ4v) is 3.07. The first-order valence-electron chi connectivity index (χ1n) is 4.25. The second-order valence-corrected chi connectivity index (χ2v) is 5.68. The number of aromatic nitrogens is 1. The van der Waals surface area contributed by atoms with Gasteiger partial charge in [-0.15, -0.1) is 0 Å². The van der Waals surface area contributed by atoms with E-state index in [4.69, 9.17) is 11.6 Å². The molecule has 5 heteroatoms. The largest absolute Gasteiger partial charge is 0.240 e. The lowest BCUT2D eigenvalue weighted by atomic mass is 10.2. The Balaban J connectivity index is 3.51. The van der Waals surface area contributed by atoms with E-state index in [0.717, 1.165) is 5.69 Å². The molecule has 1 aromatic heterocycles. The van der Waals surface area contributed by atoms with Crippen molar-refractivity contribution in [3.05, 3.63) is 22.5 Å². The highest BCUT2D eigenvalue weighted by Gasteiger charge is 2.19. The molecule has 0 radical (unpaired) electrons. The maximum absolute atomic E-state index is 11.6. The monoisotopic (exact) mass is 233 g/mol. The Morgan fingerprint density at radius 1 is 1.43 bits per heavy atom. The minimum atomic E-state index is -3.27. The average molecular weight is 234 g/mol. The molecule has 78 valence electrons. The SMILES string of the molecule is CCS(=O)(=O)c1c(C)cc(C)nc1Cl. The molecule has 1 aromatic rings. The Morgan fingerprint density at radius 3 is 2.43 bits per heavy atom. The average Bonchev–Trinajstić information content (AvgIpc) is 2.01. The number of hydrogen-bond acceptors (Lipinski definition) is 3. The summed E-state index contributed by atoms with van der Waals surface area (Å²) in [6, 6.07) is 1.72. The maximum Gasteiger partial charge on any atom is 0.181 e. The van der Waals surface area contributed by atoms with Gasteiger partial charge in [0, 0.05) is 5.69 Å². The lowest BCUT2D eigenvalue weighted by molar-refractivity contribution is 0.596. The minimum absolute atomic E-state index is 0.0400. The van der Waals surface area contributed by atoms with Gasteiger partial charge in [0.05, 0.1) is 5.75 Å². The molecule has 0 amide bonds. The van der Waals surface area contributed by atoms with Gasteiger partial charge >= 0.3 is 0 Å². The molecule has 0 spiro atoms. The van der Waals surface area contributed by atoms with Crippen LogP contribution in [-0.2, 0) is 9.84 Å². The van der Waals surface area contributed by atoms with Crippen molar-refractivity contribution >= 4 is 21.4 Å². The van der Waals surface area contributed by atoms with Crippen LogP contribution in [0.15, 0.2) is 11.0 Å². The molecular formula is C9H12ClNO2S. The molecular weight excluding hydrogens is 222 g/mol. The standard InChI is InChI=1S/C9H12ClNO2S/c1-4-14(12,13)8-6(2)5-7(3)11-9(8)10/h5H,4H2,1-3H3. The molecule has 1 rings (SSSR count). The normalized spacial score (nSPS) is 11.7. The number of hydrogen-bond donors (Lipinski definition) is 0. The van der Waals surface area contributed by atoms with Gasteiger partial charge in [-0.1, -0.05) is 18.5 Å². The van der Waals surface area contributed by atoms with Gasteiger partial charge in [0.15, 0.2) is 9.84 Å². The molecule has 1 heterocycles. The Kier molecular flexibility index (Phi) is 3.17. The van der Waals surface area contributed by atoms with E-state index in [1.165, 1.54) is 0 Å². The van der Waals surface area contributed by atoms with E-state index < -0.39 is 9.84 Å². The lowest BCUT2D eigenvalue weighted by Gasteiger charge is -2.07. The number of rotatable bonds is 2. The van der Waals surface area contributed by atoms with E-state index in [1.807, 2.05) is 0 Å². The molecule has 0 N–H and O–H groups in total. The highest BCUT2D eigenvalue weighted by molar-refractivity contribution is 7.91. The van der Waals surface area contributed by atoms with Crippen molar-refractivity contribution in [2.75, 3.05) is 5.75 Å². The molecule has 14 heavy (non-hydrogen) atoms. The zero-order valence-electron chi connectivity index (χ0n) is 8.33. The number of sulfone groups is 1. The van der Waals surface area contributed by atoms with Crippen LogP contribution in [0.5, 0.6) is 0 Å². The maximum atomic E-state index is 11.6. The van der Waals surface area contributed by atoms with Crippen LogP contribution in [0.25, 0.3) is 0 Å². The van der Waals surface area contributed by atoms with Crippen LogP contribution in [-0.4, -0.2) is 19.2 Å². The molecule has 0 saturated carbocycles. The number of nitrogens with zero attached hydrogens (tertiary/aromatic N) is 1. The van der Waals surface area contributed by atoms with Crippen LogP contribution < -0.4 is 0 Å². The Bertz CT molecular complexity index is 431. The van der Waals surface area contributed by atoms with Crippen LogP contribution in [0, 0.1) is 13.8 Å². The summed E-state index contributed by atoms with van der Waals surface area (Å²) in [5, 5.41) is 0.0735. The predicted octanol–water partition coefficient (Wildman–Crippen LogP) is 2.15. The molecule has 0 atom stereocenters. The zero-order valence-corrected chi connectivity index (χ0v) is 9.91. The van der Waals surface area contributed by atoms with Gasteiger partial charge in [0.2, 0.25) is 0 Å². The van der Waals surface area contributed by atoms with E-state index in [9.17, 15) is 8.42 Å². The van der Waals surface area contributed by atoms with Crippen LogP contribution in [0.1, 0.15) is 18.2 Å². The minimum Gasteiger partial charge on any atom is -0.240 e. The number of aryl methyl sites for hydroxylation is 2. The smallest absolute Gasteiger partial charge is 0.181 e. The van der Waals surface area contributed by atoms with Crippen LogP contribution in [0.3, 0.4) is 0 Å². The number of pyridine rings is 1. The summed E-state index contributed by atoms with van der Waals surface area (Å²) in [6.45, 7) is 5.09. The second-order valence-electron chi connectivity index (χ2n) is 3.10. The van der Waals surface area contributed by atoms with Crippen LogP contribution in [0.2, 0.25) is 5.15 Å². The first kappa shape index (κ1) is 11.5. The molecule has 0 aliphatic rings. The molecule has 0 aromatic carbocycles. The molecule has 0 fully saturated rings. The highest BCUT2D eigenvalue weighted by Crippen LogP contribution is 2.24. The topological polar surface area (TPSA) is 47.0 Å². The molecule has 0 bridgehead atoms. The van der Waals surface area contributed by atoms with E-state index in [2.05, 4.69) is 4.98 Å². The Hall–Kier alpha value is -0.610. The summed E-state index contributed by atoms with van der Waals surface area (Å²) in [5.74, 6) is 0.0400. The second kappa shape index (κ2) is 3.87. The van der Waals surface area contributed by atoms with Crippen molar-refractivity contribution in [2.45, 2.75) is 25.7 Å². The van der Waals surface area contributed by atoms with Gasteiger partial charge in [-0.25, -0.2) is 13.4 Å². The Morgan fingerprint density at radius 2 is 2.00 bits per heavy atom. The summed E-state index contributed by atoms with van der Waals surface area (Å²) in [5.41, 5.74) is 1.38. The fourth-order valence-electron chi connectivity index (χ4n) is 1.30. The first-order chi connectivity index (χ1) is 6.38.